The van der Waals surface area contributed by atoms with E-state index in [1.807, 2.05) is 30.3 Å². The monoisotopic (exact) mass is 573 g/mol. The molecule has 0 radical (unpaired) electrons. The van der Waals surface area contributed by atoms with Crippen LogP contribution in [0, 0.1) is 0 Å². The lowest BCUT2D eigenvalue weighted by atomic mass is 9.67. The van der Waals surface area contributed by atoms with E-state index in [1.165, 1.54) is 25.3 Å². The lowest BCUT2D eigenvalue weighted by Crippen LogP contribution is -2.62. The molecule has 3 fully saturated rings. The highest BCUT2D eigenvalue weighted by molar-refractivity contribution is 7.92. The molecule has 1 N–H and O–H groups in total. The fourth-order valence-electron chi connectivity index (χ4n) is 7.06. The van der Waals surface area contributed by atoms with E-state index in [9.17, 15) is 21.6 Å². The lowest BCUT2D eigenvalue weighted by molar-refractivity contribution is -0.274. The molecule has 2 bridgehead atoms. The topological polar surface area (TPSA) is 73.9 Å². The zero-order chi connectivity index (χ0) is 28.2. The van der Waals surface area contributed by atoms with Crippen LogP contribution in [-0.2, 0) is 20.1 Å². The summed E-state index contributed by atoms with van der Waals surface area (Å²) in [6, 6.07) is 22.1. The Morgan fingerprint density at radius 3 is 2.35 bits per heavy atom. The Balaban J connectivity index is 1.39. The minimum absolute atomic E-state index is 0.253. The second-order valence-electron chi connectivity index (χ2n) is 10.8. The van der Waals surface area contributed by atoms with E-state index in [-0.39, 0.29) is 24.3 Å². The molecule has 6 nitrogen and oxygen atoms in total. The number of hydrogen-bond donors (Lipinski definition) is 1. The van der Waals surface area contributed by atoms with Crippen molar-refractivity contribution in [1.82, 2.24) is 5.32 Å². The first-order chi connectivity index (χ1) is 19.1. The summed E-state index contributed by atoms with van der Waals surface area (Å²) in [6.07, 6.45) is -2.82. The Labute approximate surface area is 231 Å². The largest absolute Gasteiger partial charge is 0.573 e. The van der Waals surface area contributed by atoms with Crippen molar-refractivity contribution in [1.29, 1.82) is 0 Å². The molecule has 1 spiro atoms. The molecule has 0 amide bonds. The first-order valence-corrected chi connectivity index (χ1v) is 14.8. The van der Waals surface area contributed by atoms with E-state index in [4.69, 9.17) is 9.47 Å². The molecule has 3 aliphatic rings. The third-order valence-corrected chi connectivity index (χ3v) is 11.0. The highest BCUT2D eigenvalue weighted by Gasteiger charge is 2.66. The predicted octanol–water partition coefficient (Wildman–Crippen LogP) is 5.73. The van der Waals surface area contributed by atoms with E-state index in [1.54, 1.807) is 30.3 Å². The van der Waals surface area contributed by atoms with Crippen LogP contribution in [0.1, 0.15) is 42.7 Å². The minimum Gasteiger partial charge on any atom is -0.496 e. The highest BCUT2D eigenvalue weighted by atomic mass is 32.2. The zero-order valence-electron chi connectivity index (χ0n) is 21.9. The maximum atomic E-state index is 13.9. The molecule has 40 heavy (non-hydrogen) atoms. The highest BCUT2D eigenvalue weighted by Crippen LogP contribution is 2.59. The summed E-state index contributed by atoms with van der Waals surface area (Å²) < 4.78 is 83.1. The van der Waals surface area contributed by atoms with Crippen molar-refractivity contribution < 1.29 is 35.8 Å². The number of fused-ring (bicyclic) bond motifs is 3. The smallest absolute Gasteiger partial charge is 0.496 e. The minimum atomic E-state index is -4.82. The summed E-state index contributed by atoms with van der Waals surface area (Å²) in [4.78, 5) is 0.294. The van der Waals surface area contributed by atoms with Crippen LogP contribution in [0.3, 0.4) is 0 Å². The molecule has 0 aliphatic carbocycles. The van der Waals surface area contributed by atoms with Crippen molar-refractivity contribution in [2.75, 3.05) is 13.7 Å². The Morgan fingerprint density at radius 1 is 0.975 bits per heavy atom. The molecule has 3 saturated heterocycles. The molecule has 0 aromatic heterocycles. The molecule has 5 atom stereocenters. The third kappa shape index (κ3) is 4.46. The van der Waals surface area contributed by atoms with Crippen LogP contribution >= 0.6 is 0 Å². The Hall–Kier alpha value is -3.08. The van der Waals surface area contributed by atoms with Gasteiger partial charge in [-0.15, -0.1) is 13.2 Å². The molecule has 0 unspecified atom stereocenters. The maximum Gasteiger partial charge on any atom is 0.573 e. The van der Waals surface area contributed by atoms with Crippen molar-refractivity contribution in [2.24, 2.45) is 0 Å². The molecule has 212 valence electrons. The molecule has 0 saturated carbocycles. The Morgan fingerprint density at radius 2 is 1.68 bits per heavy atom. The molecule has 10 heteroatoms. The van der Waals surface area contributed by atoms with E-state index >= 15 is 0 Å². The van der Waals surface area contributed by atoms with Crippen LogP contribution < -0.4 is 14.8 Å². The summed E-state index contributed by atoms with van der Waals surface area (Å²) >= 11 is 0. The molecule has 3 aromatic rings. The maximum absolute atomic E-state index is 13.9. The molecule has 3 aliphatic heterocycles. The molecular formula is C30H30F3NO5S. The van der Waals surface area contributed by atoms with E-state index in [2.05, 4.69) is 10.1 Å². The number of ether oxygens (including phenoxy) is 3. The van der Waals surface area contributed by atoms with E-state index in [0.717, 1.165) is 5.56 Å². The van der Waals surface area contributed by atoms with Gasteiger partial charge in [0.15, 0.2) is 9.84 Å². The van der Waals surface area contributed by atoms with Gasteiger partial charge in [-0.1, -0.05) is 48.5 Å². The number of sulfone groups is 1. The van der Waals surface area contributed by atoms with E-state index < -0.39 is 32.6 Å². The quantitative estimate of drug-likeness (QED) is 0.406. The first kappa shape index (κ1) is 27.1. The van der Waals surface area contributed by atoms with Gasteiger partial charge >= 0.3 is 6.36 Å². The molecule has 6 rings (SSSR count). The fourth-order valence-corrected chi connectivity index (χ4v) is 9.06. The Bertz CT molecular complexity index is 1480. The van der Waals surface area contributed by atoms with Crippen LogP contribution in [0.25, 0.3) is 0 Å². The van der Waals surface area contributed by atoms with Crippen molar-refractivity contribution in [3.05, 3.63) is 90.0 Å². The number of methoxy groups -OCH3 is 1. The Kier molecular flexibility index (Phi) is 6.63. The van der Waals surface area contributed by atoms with Crippen molar-refractivity contribution in [3.8, 4) is 11.5 Å². The van der Waals surface area contributed by atoms with Gasteiger partial charge in [-0.05, 0) is 61.6 Å². The summed E-state index contributed by atoms with van der Waals surface area (Å²) in [5, 5.41) is 3.06. The average Bonchev–Trinajstić information content (AvgIpc) is 3.53. The van der Waals surface area contributed by atoms with Gasteiger partial charge in [0.05, 0.1) is 35.0 Å². The van der Waals surface area contributed by atoms with Gasteiger partial charge in [0.2, 0.25) is 0 Å². The van der Waals surface area contributed by atoms with Crippen LogP contribution in [0.4, 0.5) is 13.2 Å². The molecular weight excluding hydrogens is 543 g/mol. The number of alkyl halides is 3. The number of halogens is 3. The van der Waals surface area contributed by atoms with Crippen molar-refractivity contribution >= 4 is 9.84 Å². The third-order valence-electron chi connectivity index (χ3n) is 8.77. The van der Waals surface area contributed by atoms with Gasteiger partial charge in [-0.25, -0.2) is 8.42 Å². The van der Waals surface area contributed by atoms with Crippen molar-refractivity contribution in [2.45, 2.75) is 65.3 Å². The zero-order valence-corrected chi connectivity index (χ0v) is 22.7. The summed E-state index contributed by atoms with van der Waals surface area (Å²) in [7, 11) is -2.17. The van der Waals surface area contributed by atoms with Gasteiger partial charge < -0.3 is 19.5 Å². The summed E-state index contributed by atoms with van der Waals surface area (Å²) in [6.45, 7) is 0.253. The van der Waals surface area contributed by atoms with Crippen LogP contribution in [0.5, 0.6) is 11.5 Å². The fraction of sp³-hybridized carbons (Fsp3) is 0.400. The van der Waals surface area contributed by atoms with Crippen molar-refractivity contribution in [3.63, 3.8) is 0 Å². The van der Waals surface area contributed by atoms with E-state index in [0.29, 0.717) is 41.9 Å². The number of hydrogen-bond acceptors (Lipinski definition) is 6. The number of rotatable bonds is 6. The lowest BCUT2D eigenvalue weighted by Gasteiger charge is -2.50. The standard InChI is InChI=1S/C30H30F3NO5S/c1-37-26-13-12-22(39-30(31,32)33)16-24(26)20-17-28(38-19-20)15-14-25-27(40(35,36)23-10-6-3-7-11-23)18-29(28,34-25)21-8-4-2-5-9-21/h2-13,16,20,25,27,34H,14-15,17-19H2,1H3/t20-,25-,27+,28+,29+/m0/s1. The van der Waals surface area contributed by atoms with Gasteiger partial charge in [-0.3, -0.25) is 0 Å². The summed E-state index contributed by atoms with van der Waals surface area (Å²) in [5.74, 6) is -0.152. The number of piperidine rings is 1. The van der Waals surface area contributed by atoms with Crippen LogP contribution in [0.15, 0.2) is 83.8 Å². The van der Waals surface area contributed by atoms with Gasteiger partial charge in [0.25, 0.3) is 0 Å². The van der Waals surface area contributed by atoms with Crippen LogP contribution in [0.2, 0.25) is 0 Å². The van der Waals surface area contributed by atoms with Gasteiger partial charge in [0.1, 0.15) is 11.5 Å². The first-order valence-electron chi connectivity index (χ1n) is 13.3. The molecule has 3 aromatic carbocycles. The second kappa shape index (κ2) is 9.78. The van der Waals surface area contributed by atoms with Gasteiger partial charge in [-0.2, -0.15) is 0 Å². The predicted molar refractivity (Wildman–Crippen MR) is 142 cm³/mol. The number of benzene rings is 3. The second-order valence-corrected chi connectivity index (χ2v) is 13.0. The van der Waals surface area contributed by atoms with Crippen LogP contribution in [-0.4, -0.2) is 45.4 Å². The number of nitrogens with one attached hydrogen (secondary N) is 1. The average molecular weight is 574 g/mol. The normalized spacial score (nSPS) is 29.9. The molecule has 3 heterocycles. The summed E-state index contributed by atoms with van der Waals surface area (Å²) in [5.41, 5.74) is -0.0705. The SMILES string of the molecule is COc1ccc(OC(F)(F)F)cc1[C@@H]1CO[C@]2(CC[C@@H]3N[C@@]2(c2ccccc2)C[C@H]3S(=O)(=O)c2ccccc2)C1. The van der Waals surface area contributed by atoms with Gasteiger partial charge in [0, 0.05) is 17.5 Å².